The summed E-state index contributed by atoms with van der Waals surface area (Å²) in [4.78, 5) is 29.3. The van der Waals surface area contributed by atoms with E-state index in [0.717, 1.165) is 30.8 Å². The van der Waals surface area contributed by atoms with Crippen molar-refractivity contribution in [3.05, 3.63) is 60.2 Å². The molecule has 5 nitrogen and oxygen atoms in total. The van der Waals surface area contributed by atoms with Crippen LogP contribution in [0.5, 0.6) is 5.75 Å². The van der Waals surface area contributed by atoms with Crippen LogP contribution in [-0.2, 0) is 4.79 Å². The van der Waals surface area contributed by atoms with Crippen molar-refractivity contribution in [3.63, 3.8) is 0 Å². The van der Waals surface area contributed by atoms with E-state index in [0.29, 0.717) is 25.1 Å². The minimum absolute atomic E-state index is 0.0931. The Balaban J connectivity index is 1.66. The maximum absolute atomic E-state index is 12.7. The van der Waals surface area contributed by atoms with Gasteiger partial charge in [-0.05, 0) is 18.6 Å². The van der Waals surface area contributed by atoms with E-state index in [1.54, 1.807) is 7.11 Å². The van der Waals surface area contributed by atoms with Gasteiger partial charge in [0, 0.05) is 38.0 Å². The Kier molecular flexibility index (Phi) is 6.82. The normalized spacial score (nSPS) is 16.7. The predicted molar refractivity (Wildman–Crippen MR) is 111 cm³/mol. The number of para-hydroxylation sites is 2. The Bertz CT molecular complexity index is 807. The second kappa shape index (κ2) is 9.51. The molecule has 2 aromatic carbocycles. The molecule has 1 heterocycles. The Hall–Kier alpha value is -2.66. The molecule has 0 spiro atoms. The van der Waals surface area contributed by atoms with Crippen molar-refractivity contribution in [2.75, 3.05) is 31.6 Å². The van der Waals surface area contributed by atoms with Gasteiger partial charge in [-0.25, -0.2) is 0 Å². The predicted octanol–water partition coefficient (Wildman–Crippen LogP) is 3.79. The van der Waals surface area contributed by atoms with Crippen molar-refractivity contribution in [1.29, 1.82) is 0 Å². The molecular formula is C23H28N2O3. The molecule has 0 radical (unpaired) electrons. The lowest BCUT2D eigenvalue weighted by molar-refractivity contribution is -0.118. The first-order valence-electron chi connectivity index (χ1n) is 9.89. The average Bonchev–Trinajstić information content (AvgIpc) is 3.21. The zero-order valence-electron chi connectivity index (χ0n) is 16.6. The number of carbonyl (C=O) groups excluding carboxylic acids is 2. The summed E-state index contributed by atoms with van der Waals surface area (Å²) < 4.78 is 5.48. The smallest absolute Gasteiger partial charge is 0.227 e. The first-order valence-corrected chi connectivity index (χ1v) is 9.89. The third kappa shape index (κ3) is 4.60. The van der Waals surface area contributed by atoms with E-state index in [-0.39, 0.29) is 17.7 Å². The van der Waals surface area contributed by atoms with Gasteiger partial charge in [-0.1, -0.05) is 49.4 Å². The van der Waals surface area contributed by atoms with Gasteiger partial charge in [0.15, 0.2) is 5.78 Å². The third-order valence-corrected chi connectivity index (χ3v) is 5.28. The second-order valence-corrected chi connectivity index (χ2v) is 7.07. The molecule has 5 heteroatoms. The summed E-state index contributed by atoms with van der Waals surface area (Å²) in [5, 5.41) is 0. The molecule has 0 aromatic heterocycles. The Morgan fingerprint density at radius 3 is 2.54 bits per heavy atom. The maximum Gasteiger partial charge on any atom is 0.227 e. The third-order valence-electron chi connectivity index (χ3n) is 5.28. The van der Waals surface area contributed by atoms with Gasteiger partial charge in [-0.2, -0.15) is 0 Å². The summed E-state index contributed by atoms with van der Waals surface area (Å²) in [7, 11) is 1.63. The fourth-order valence-electron chi connectivity index (χ4n) is 3.79. The van der Waals surface area contributed by atoms with E-state index in [1.165, 1.54) is 0 Å². The topological polar surface area (TPSA) is 49.9 Å². The summed E-state index contributed by atoms with van der Waals surface area (Å²) in [5.74, 6) is 0.967. The van der Waals surface area contributed by atoms with Gasteiger partial charge in [0.2, 0.25) is 5.91 Å². The number of likely N-dealkylation sites (tertiary alicyclic amines) is 1. The number of hydrogen-bond acceptors (Lipinski definition) is 4. The number of nitrogens with zero attached hydrogens (tertiary/aromatic N) is 2. The monoisotopic (exact) mass is 380 g/mol. The van der Waals surface area contributed by atoms with Gasteiger partial charge >= 0.3 is 0 Å². The van der Waals surface area contributed by atoms with E-state index in [1.807, 2.05) is 66.4 Å². The van der Waals surface area contributed by atoms with Gasteiger partial charge < -0.3 is 14.5 Å². The van der Waals surface area contributed by atoms with Gasteiger partial charge in [0.25, 0.3) is 0 Å². The maximum atomic E-state index is 12.7. The number of anilines is 1. The summed E-state index contributed by atoms with van der Waals surface area (Å²) in [6, 6.07) is 17.2. The number of carbonyl (C=O) groups is 2. The molecule has 0 saturated carbocycles. The van der Waals surface area contributed by atoms with Gasteiger partial charge in [-0.3, -0.25) is 9.59 Å². The molecule has 1 fully saturated rings. The Morgan fingerprint density at radius 1 is 1.11 bits per heavy atom. The molecule has 28 heavy (non-hydrogen) atoms. The fourth-order valence-corrected chi connectivity index (χ4v) is 3.79. The minimum atomic E-state index is 0.0931. The molecule has 0 aliphatic carbocycles. The molecular weight excluding hydrogens is 352 g/mol. The highest BCUT2D eigenvalue weighted by molar-refractivity contribution is 5.96. The lowest BCUT2D eigenvalue weighted by atomic mass is 10.1. The molecule has 1 aliphatic rings. The van der Waals surface area contributed by atoms with Crippen LogP contribution in [0.3, 0.4) is 0 Å². The molecule has 1 aliphatic heterocycles. The van der Waals surface area contributed by atoms with Gasteiger partial charge in [-0.15, -0.1) is 0 Å². The zero-order valence-corrected chi connectivity index (χ0v) is 16.6. The van der Waals surface area contributed by atoms with Crippen LogP contribution in [0, 0.1) is 0 Å². The van der Waals surface area contributed by atoms with Crippen molar-refractivity contribution in [2.24, 2.45) is 0 Å². The first-order chi connectivity index (χ1) is 13.6. The van der Waals surface area contributed by atoms with Gasteiger partial charge in [0.1, 0.15) is 5.75 Å². The molecule has 1 amide bonds. The molecule has 1 atom stereocenters. The van der Waals surface area contributed by atoms with E-state index in [4.69, 9.17) is 4.74 Å². The number of hydrogen-bond donors (Lipinski definition) is 0. The number of methoxy groups -OCH3 is 1. The van der Waals surface area contributed by atoms with Crippen molar-refractivity contribution < 1.29 is 14.3 Å². The van der Waals surface area contributed by atoms with Crippen molar-refractivity contribution in [2.45, 2.75) is 32.2 Å². The average molecular weight is 380 g/mol. The van der Waals surface area contributed by atoms with Crippen LogP contribution < -0.4 is 9.64 Å². The Labute approximate surface area is 166 Å². The molecule has 148 valence electrons. The number of ether oxygens (including phenoxy) is 1. The molecule has 2 aromatic rings. The lowest BCUT2D eigenvalue weighted by Crippen LogP contribution is -2.42. The summed E-state index contributed by atoms with van der Waals surface area (Å²) in [6.07, 6.45) is 1.83. The number of amides is 1. The largest absolute Gasteiger partial charge is 0.495 e. The van der Waals surface area contributed by atoms with E-state index in [2.05, 4.69) is 4.90 Å². The molecule has 3 rings (SSSR count). The van der Waals surface area contributed by atoms with Gasteiger partial charge in [0.05, 0.1) is 18.8 Å². The van der Waals surface area contributed by atoms with E-state index >= 15 is 0 Å². The van der Waals surface area contributed by atoms with Crippen LogP contribution in [0.1, 0.15) is 36.5 Å². The summed E-state index contributed by atoms with van der Waals surface area (Å²) in [5.41, 5.74) is 1.58. The second-order valence-electron chi connectivity index (χ2n) is 7.07. The molecule has 0 N–H and O–H groups in total. The van der Waals surface area contributed by atoms with Crippen molar-refractivity contribution in [1.82, 2.24) is 4.90 Å². The lowest BCUT2D eigenvalue weighted by Gasteiger charge is -2.30. The van der Waals surface area contributed by atoms with Crippen molar-refractivity contribution in [3.8, 4) is 5.75 Å². The highest BCUT2D eigenvalue weighted by Crippen LogP contribution is 2.32. The number of ketones is 1. The molecule has 1 unspecified atom stereocenters. The quantitative estimate of drug-likeness (QED) is 0.654. The van der Waals surface area contributed by atoms with Crippen LogP contribution in [0.15, 0.2) is 54.6 Å². The molecule has 1 saturated heterocycles. The van der Waals surface area contributed by atoms with Crippen LogP contribution in [0.4, 0.5) is 5.69 Å². The number of benzene rings is 2. The summed E-state index contributed by atoms with van der Waals surface area (Å²) in [6.45, 7) is 4.25. The Morgan fingerprint density at radius 2 is 1.82 bits per heavy atom. The SMILES string of the molecule is CCC(=O)N(c1ccccc1OC)C1CCN(CCC(=O)c2ccccc2)C1. The molecule has 0 bridgehead atoms. The minimum Gasteiger partial charge on any atom is -0.495 e. The van der Waals surface area contributed by atoms with Crippen LogP contribution in [0.2, 0.25) is 0 Å². The van der Waals surface area contributed by atoms with Crippen LogP contribution in [-0.4, -0.2) is 49.4 Å². The number of Topliss-reactive ketones (excluding diaryl/α,β-unsaturated/α-hetero) is 1. The highest BCUT2D eigenvalue weighted by Gasteiger charge is 2.32. The fraction of sp³-hybridized carbons (Fsp3) is 0.391. The van der Waals surface area contributed by atoms with E-state index in [9.17, 15) is 9.59 Å². The standard InChI is InChI=1S/C23H28N2O3/c1-3-23(27)25(20-11-7-8-12-22(20)28-2)19-13-15-24(17-19)16-14-21(26)18-9-5-4-6-10-18/h4-12,19H,3,13-17H2,1-2H3. The van der Waals surface area contributed by atoms with Crippen LogP contribution in [0.25, 0.3) is 0 Å². The highest BCUT2D eigenvalue weighted by atomic mass is 16.5. The van der Waals surface area contributed by atoms with E-state index < -0.39 is 0 Å². The van der Waals surface area contributed by atoms with Crippen molar-refractivity contribution >= 4 is 17.4 Å². The first kappa shape index (κ1) is 20.1. The number of rotatable bonds is 8. The summed E-state index contributed by atoms with van der Waals surface area (Å²) >= 11 is 0. The zero-order chi connectivity index (χ0) is 19.9. The van der Waals surface area contributed by atoms with Crippen LogP contribution >= 0.6 is 0 Å².